The smallest absolute Gasteiger partial charge is 0.217 e. The van der Waals surface area contributed by atoms with Crippen LogP contribution in [0.2, 0.25) is 0 Å². The van der Waals surface area contributed by atoms with Gasteiger partial charge < -0.3 is 4.74 Å². The summed E-state index contributed by atoms with van der Waals surface area (Å²) in [6, 6.07) is 14.1. The molecule has 0 bridgehead atoms. The zero-order valence-electron chi connectivity index (χ0n) is 15.5. The maximum absolute atomic E-state index is 6.06. The number of rotatable bonds is 7. The van der Waals surface area contributed by atoms with Crippen molar-refractivity contribution in [3.8, 4) is 5.88 Å². The van der Waals surface area contributed by atoms with Crippen molar-refractivity contribution in [1.82, 2.24) is 24.6 Å². The molecule has 1 aliphatic carbocycles. The largest absolute Gasteiger partial charge is 0.477 e. The van der Waals surface area contributed by atoms with E-state index < -0.39 is 0 Å². The fourth-order valence-corrected chi connectivity index (χ4v) is 3.60. The Balaban J connectivity index is 1.27. The van der Waals surface area contributed by atoms with Gasteiger partial charge in [-0.1, -0.05) is 12.1 Å². The summed E-state index contributed by atoms with van der Waals surface area (Å²) in [5, 5.41) is 4.41. The van der Waals surface area contributed by atoms with Gasteiger partial charge in [0, 0.05) is 48.3 Å². The van der Waals surface area contributed by atoms with Crippen molar-refractivity contribution in [1.29, 1.82) is 0 Å². The van der Waals surface area contributed by atoms with Crippen LogP contribution < -0.4 is 4.74 Å². The third kappa shape index (κ3) is 3.58. The van der Waals surface area contributed by atoms with Gasteiger partial charge in [0.05, 0.1) is 18.5 Å². The van der Waals surface area contributed by atoms with E-state index in [2.05, 4.69) is 32.2 Å². The molecule has 0 spiro atoms. The highest BCUT2D eigenvalue weighted by molar-refractivity contribution is 5.41. The number of nitrogens with zero attached hydrogens (tertiary/aromatic N) is 5. The lowest BCUT2D eigenvalue weighted by molar-refractivity contribution is 0.285. The second kappa shape index (κ2) is 7.38. The fraction of sp³-hybridized carbons (Fsp3) is 0.273. The molecular weight excluding hydrogens is 350 g/mol. The number of aryl methyl sites for hydroxylation is 2. The molecule has 1 fully saturated rings. The van der Waals surface area contributed by atoms with E-state index in [1.54, 1.807) is 12.4 Å². The Kier molecular flexibility index (Phi) is 4.45. The van der Waals surface area contributed by atoms with Crippen LogP contribution in [-0.2, 0) is 12.8 Å². The lowest BCUT2D eigenvalue weighted by Gasteiger charge is -2.09. The lowest BCUT2D eigenvalue weighted by atomic mass is 10.1. The number of ether oxygens (including phenoxy) is 1. The first kappa shape index (κ1) is 16.9. The van der Waals surface area contributed by atoms with E-state index in [1.807, 2.05) is 47.2 Å². The molecule has 5 rings (SSSR count). The van der Waals surface area contributed by atoms with Gasteiger partial charge in [-0.05, 0) is 43.0 Å². The Morgan fingerprint density at radius 2 is 2.04 bits per heavy atom. The van der Waals surface area contributed by atoms with E-state index >= 15 is 0 Å². The van der Waals surface area contributed by atoms with Gasteiger partial charge in [-0.15, -0.1) is 0 Å². The maximum Gasteiger partial charge on any atom is 0.217 e. The van der Waals surface area contributed by atoms with Crippen LogP contribution in [0.25, 0.3) is 5.65 Å². The molecule has 6 heteroatoms. The van der Waals surface area contributed by atoms with Gasteiger partial charge in [0.2, 0.25) is 5.88 Å². The SMILES string of the molecule is c1ccc([C@H]2C[C@@H]2COc2cc(CCc3cccnc3)n3nccc3n2)nc1. The molecule has 0 saturated heterocycles. The zero-order chi connectivity index (χ0) is 18.8. The minimum absolute atomic E-state index is 0.505. The number of pyridine rings is 2. The third-order valence-corrected chi connectivity index (χ3v) is 5.24. The Morgan fingerprint density at radius 3 is 2.89 bits per heavy atom. The van der Waals surface area contributed by atoms with Crippen molar-refractivity contribution < 1.29 is 4.74 Å². The van der Waals surface area contributed by atoms with Gasteiger partial charge in [-0.2, -0.15) is 10.1 Å². The molecule has 0 aliphatic heterocycles. The second-order valence-electron chi connectivity index (χ2n) is 7.22. The summed E-state index contributed by atoms with van der Waals surface area (Å²) in [5.74, 6) is 1.68. The zero-order valence-corrected chi connectivity index (χ0v) is 15.5. The number of aromatic nitrogens is 5. The van der Waals surface area contributed by atoms with E-state index in [1.165, 1.54) is 5.56 Å². The standard InChI is InChI=1S/C22H21N5O/c1-2-10-24-20(5-1)19-12-17(19)15-28-22-13-18(27-21(26-22)8-11-25-27)7-6-16-4-3-9-23-14-16/h1-5,8-11,13-14,17,19H,6-7,12,15H2/t17-,19+/m1/s1. The predicted molar refractivity (Wildman–Crippen MR) is 105 cm³/mol. The minimum atomic E-state index is 0.505. The molecule has 0 aromatic carbocycles. The maximum atomic E-state index is 6.06. The predicted octanol–water partition coefficient (Wildman–Crippen LogP) is 3.49. The highest BCUT2D eigenvalue weighted by atomic mass is 16.5. The topological polar surface area (TPSA) is 65.2 Å². The van der Waals surface area contributed by atoms with E-state index in [-0.39, 0.29) is 0 Å². The summed E-state index contributed by atoms with van der Waals surface area (Å²) in [6.07, 6.45) is 10.2. The summed E-state index contributed by atoms with van der Waals surface area (Å²) >= 11 is 0. The van der Waals surface area contributed by atoms with Crippen LogP contribution in [0, 0.1) is 5.92 Å². The van der Waals surface area contributed by atoms with Crippen molar-refractivity contribution in [3.63, 3.8) is 0 Å². The minimum Gasteiger partial charge on any atom is -0.477 e. The molecule has 1 aliphatic rings. The fourth-order valence-electron chi connectivity index (χ4n) is 3.60. The molecule has 1 saturated carbocycles. The Hall–Kier alpha value is -3.28. The second-order valence-corrected chi connectivity index (χ2v) is 7.22. The summed E-state index contributed by atoms with van der Waals surface area (Å²) in [4.78, 5) is 13.2. The van der Waals surface area contributed by atoms with Crippen LogP contribution in [0.4, 0.5) is 0 Å². The number of hydrogen-bond acceptors (Lipinski definition) is 5. The van der Waals surface area contributed by atoms with E-state index in [9.17, 15) is 0 Å². The highest BCUT2D eigenvalue weighted by Crippen LogP contribution is 2.46. The van der Waals surface area contributed by atoms with Crippen LogP contribution in [0.3, 0.4) is 0 Å². The molecular formula is C22H21N5O. The molecule has 4 aromatic rings. The van der Waals surface area contributed by atoms with Crippen molar-refractivity contribution in [2.75, 3.05) is 6.61 Å². The van der Waals surface area contributed by atoms with Gasteiger partial charge >= 0.3 is 0 Å². The molecule has 4 heterocycles. The summed E-state index contributed by atoms with van der Waals surface area (Å²) in [6.45, 7) is 0.667. The Morgan fingerprint density at radius 1 is 1.04 bits per heavy atom. The van der Waals surface area contributed by atoms with Crippen LogP contribution in [0.15, 0.2) is 67.3 Å². The Labute approximate surface area is 163 Å². The van der Waals surface area contributed by atoms with Crippen molar-refractivity contribution in [2.45, 2.75) is 25.2 Å². The average Bonchev–Trinajstić information content (AvgIpc) is 3.38. The molecule has 0 N–H and O–H groups in total. The third-order valence-electron chi connectivity index (χ3n) is 5.24. The first-order chi connectivity index (χ1) is 13.9. The monoisotopic (exact) mass is 371 g/mol. The average molecular weight is 371 g/mol. The summed E-state index contributed by atoms with van der Waals surface area (Å²) < 4.78 is 7.95. The highest BCUT2D eigenvalue weighted by Gasteiger charge is 2.39. The van der Waals surface area contributed by atoms with Gasteiger partial charge in [-0.3, -0.25) is 9.97 Å². The van der Waals surface area contributed by atoms with Gasteiger partial charge in [0.1, 0.15) is 0 Å². The van der Waals surface area contributed by atoms with Crippen LogP contribution in [-0.4, -0.2) is 31.2 Å². The molecule has 6 nitrogen and oxygen atoms in total. The van der Waals surface area contributed by atoms with E-state index in [0.717, 1.165) is 36.3 Å². The Bertz CT molecular complexity index is 1060. The van der Waals surface area contributed by atoms with E-state index in [4.69, 9.17) is 4.74 Å². The van der Waals surface area contributed by atoms with Gasteiger partial charge in [0.25, 0.3) is 0 Å². The van der Waals surface area contributed by atoms with Crippen LogP contribution in [0.5, 0.6) is 5.88 Å². The first-order valence-corrected chi connectivity index (χ1v) is 9.63. The van der Waals surface area contributed by atoms with Crippen molar-refractivity contribution in [2.24, 2.45) is 5.92 Å². The molecule has 140 valence electrons. The molecule has 28 heavy (non-hydrogen) atoms. The van der Waals surface area contributed by atoms with Crippen molar-refractivity contribution >= 4 is 5.65 Å². The van der Waals surface area contributed by atoms with Gasteiger partial charge in [0.15, 0.2) is 5.65 Å². The van der Waals surface area contributed by atoms with E-state index in [0.29, 0.717) is 24.3 Å². The summed E-state index contributed by atoms with van der Waals surface area (Å²) in [7, 11) is 0. The molecule has 4 aromatic heterocycles. The van der Waals surface area contributed by atoms with Crippen molar-refractivity contribution in [3.05, 3.63) is 84.2 Å². The van der Waals surface area contributed by atoms with Crippen LogP contribution in [0.1, 0.15) is 29.3 Å². The number of hydrogen-bond donors (Lipinski definition) is 0. The lowest BCUT2D eigenvalue weighted by Crippen LogP contribution is -2.07. The molecule has 2 atom stereocenters. The molecule has 0 radical (unpaired) electrons. The first-order valence-electron chi connectivity index (χ1n) is 9.63. The molecule has 0 unspecified atom stereocenters. The number of fused-ring (bicyclic) bond motifs is 1. The quantitative estimate of drug-likeness (QED) is 0.498. The summed E-state index contributed by atoms with van der Waals surface area (Å²) in [5.41, 5.74) is 4.27. The normalized spacial score (nSPS) is 18.3. The molecule has 0 amide bonds. The van der Waals surface area contributed by atoms with Crippen LogP contribution >= 0.6 is 0 Å². The van der Waals surface area contributed by atoms with Gasteiger partial charge in [-0.25, -0.2) is 4.52 Å².